The van der Waals surface area contributed by atoms with Gasteiger partial charge in [0.25, 0.3) is 0 Å². The van der Waals surface area contributed by atoms with Crippen LogP contribution in [-0.2, 0) is 0 Å². The molecule has 1 aromatic rings. The summed E-state index contributed by atoms with van der Waals surface area (Å²) < 4.78 is 13.3. The summed E-state index contributed by atoms with van der Waals surface area (Å²) >= 11 is 11.4. The maximum Gasteiger partial charge on any atom is 0.160 e. The zero-order valence-corrected chi connectivity index (χ0v) is 11.6. The molecule has 1 saturated carbocycles. The average Bonchev–Trinajstić information content (AvgIpc) is 3.13. The maximum atomic E-state index is 13.3. The summed E-state index contributed by atoms with van der Waals surface area (Å²) in [6.45, 7) is 0.640. The van der Waals surface area contributed by atoms with Crippen LogP contribution in [-0.4, -0.2) is 17.6 Å². The number of amidine groups is 1. The summed E-state index contributed by atoms with van der Waals surface area (Å²) in [5.41, 5.74) is 6.17. The molecule has 4 nitrogen and oxygen atoms in total. The predicted octanol–water partition coefficient (Wildman–Crippen LogP) is 3.46. The molecule has 0 radical (unpaired) electrons. The molecule has 1 fully saturated rings. The highest BCUT2D eigenvalue weighted by Gasteiger charge is 2.43. The topological polar surface area (TPSA) is 70.6 Å². The first kappa shape index (κ1) is 14.2. The van der Waals surface area contributed by atoms with Gasteiger partial charge in [-0.05, 0) is 30.4 Å². The Hall–Kier alpha value is -1.20. The number of nitrogens with one attached hydrogen (secondary N) is 1. The second kappa shape index (κ2) is 5.43. The molecule has 1 aliphatic rings. The number of hydrogen-bond acceptors (Lipinski definition) is 3. The van der Waals surface area contributed by atoms with Gasteiger partial charge in [-0.3, -0.25) is 0 Å². The normalized spacial score (nSPS) is 17.3. The Balaban J connectivity index is 2.00. The van der Waals surface area contributed by atoms with Crippen molar-refractivity contribution in [3.63, 3.8) is 0 Å². The highest BCUT2D eigenvalue weighted by atomic mass is 35.5. The molecule has 0 atom stereocenters. The third-order valence-corrected chi connectivity index (χ3v) is 3.84. The van der Waals surface area contributed by atoms with Crippen molar-refractivity contribution < 1.29 is 9.60 Å². The molecule has 1 aliphatic carbocycles. The van der Waals surface area contributed by atoms with Gasteiger partial charge >= 0.3 is 0 Å². The quantitative estimate of drug-likeness (QED) is 0.256. The van der Waals surface area contributed by atoms with E-state index in [9.17, 15) is 4.39 Å². The molecular weight excluding hydrogens is 292 g/mol. The van der Waals surface area contributed by atoms with Crippen LogP contribution in [0, 0.1) is 11.2 Å². The fraction of sp³-hybridized carbons (Fsp3) is 0.417. The Labute approximate surface area is 120 Å². The van der Waals surface area contributed by atoms with Gasteiger partial charge in [-0.25, -0.2) is 4.39 Å². The number of nitrogens with two attached hydrogens (primary N) is 1. The molecule has 1 aromatic carbocycles. The molecule has 104 valence electrons. The van der Waals surface area contributed by atoms with Crippen LogP contribution in [0.25, 0.3) is 0 Å². The van der Waals surface area contributed by atoms with E-state index >= 15 is 0 Å². The van der Waals surface area contributed by atoms with E-state index in [1.54, 1.807) is 0 Å². The van der Waals surface area contributed by atoms with Gasteiger partial charge in [-0.1, -0.05) is 28.4 Å². The van der Waals surface area contributed by atoms with E-state index in [1.165, 1.54) is 12.1 Å². The monoisotopic (exact) mass is 305 g/mol. The number of hydrogen-bond donors (Lipinski definition) is 3. The number of oxime groups is 1. The van der Waals surface area contributed by atoms with Crippen molar-refractivity contribution in [1.82, 2.24) is 0 Å². The highest BCUT2D eigenvalue weighted by Crippen LogP contribution is 2.48. The van der Waals surface area contributed by atoms with Gasteiger partial charge in [0, 0.05) is 18.7 Å². The highest BCUT2D eigenvalue weighted by molar-refractivity contribution is 6.35. The minimum Gasteiger partial charge on any atom is -0.409 e. The summed E-state index contributed by atoms with van der Waals surface area (Å²) in [6, 6.07) is 2.98. The molecule has 0 bridgehead atoms. The van der Waals surface area contributed by atoms with E-state index in [2.05, 4.69) is 10.5 Å². The van der Waals surface area contributed by atoms with E-state index in [0.717, 1.165) is 12.8 Å². The van der Waals surface area contributed by atoms with Crippen molar-refractivity contribution in [3.8, 4) is 0 Å². The predicted molar refractivity (Wildman–Crippen MR) is 74.6 cm³/mol. The first-order chi connectivity index (χ1) is 8.96. The molecule has 4 N–H and O–H groups in total. The number of benzene rings is 1. The van der Waals surface area contributed by atoms with Crippen molar-refractivity contribution in [2.75, 3.05) is 11.9 Å². The third-order valence-electron chi connectivity index (χ3n) is 3.29. The lowest BCUT2D eigenvalue weighted by atomic mass is 10.0. The number of halogens is 3. The molecule has 7 heteroatoms. The Kier molecular flexibility index (Phi) is 4.06. The largest absolute Gasteiger partial charge is 0.409 e. The molecule has 0 spiro atoms. The SMILES string of the molecule is N/C(CC1(CNc2cc(Cl)c(F)c(Cl)c2)CC1)=N/O. The fourth-order valence-electron chi connectivity index (χ4n) is 1.96. The Bertz CT molecular complexity index is 495. The van der Waals surface area contributed by atoms with Crippen LogP contribution in [0.2, 0.25) is 10.0 Å². The van der Waals surface area contributed by atoms with Crippen LogP contribution in [0.5, 0.6) is 0 Å². The first-order valence-electron chi connectivity index (χ1n) is 5.81. The van der Waals surface area contributed by atoms with E-state index in [0.29, 0.717) is 18.7 Å². The van der Waals surface area contributed by atoms with E-state index in [-0.39, 0.29) is 21.3 Å². The lowest BCUT2D eigenvalue weighted by Gasteiger charge is -2.16. The van der Waals surface area contributed by atoms with Gasteiger partial charge in [-0.15, -0.1) is 0 Å². The van der Waals surface area contributed by atoms with Gasteiger partial charge in [-0.2, -0.15) is 0 Å². The van der Waals surface area contributed by atoms with Crippen LogP contribution in [0.3, 0.4) is 0 Å². The van der Waals surface area contributed by atoms with Gasteiger partial charge in [0.05, 0.1) is 10.0 Å². The lowest BCUT2D eigenvalue weighted by Crippen LogP contribution is -2.23. The summed E-state index contributed by atoms with van der Waals surface area (Å²) in [7, 11) is 0. The molecular formula is C12H14Cl2FN3O. The van der Waals surface area contributed by atoms with Crippen molar-refractivity contribution in [1.29, 1.82) is 0 Å². The van der Waals surface area contributed by atoms with Crippen molar-refractivity contribution in [2.45, 2.75) is 19.3 Å². The molecule has 2 rings (SSSR count). The van der Waals surface area contributed by atoms with E-state index < -0.39 is 5.82 Å². The van der Waals surface area contributed by atoms with Gasteiger partial charge in [0.1, 0.15) is 5.84 Å². The number of rotatable bonds is 5. The summed E-state index contributed by atoms with van der Waals surface area (Å²) in [5.74, 6) is -0.402. The Morgan fingerprint density at radius 2 is 2.00 bits per heavy atom. The standard InChI is InChI=1S/C12H14Cl2FN3O/c13-8-3-7(4-9(14)11(8)15)17-6-12(1-2-12)5-10(16)18-19/h3-4,17,19H,1-2,5-6H2,(H2,16,18). The van der Waals surface area contributed by atoms with Crippen molar-refractivity contribution >= 4 is 34.7 Å². The van der Waals surface area contributed by atoms with Crippen molar-refractivity contribution in [2.24, 2.45) is 16.3 Å². The second-order valence-corrected chi connectivity index (χ2v) is 5.69. The van der Waals surface area contributed by atoms with Crippen LogP contribution < -0.4 is 11.1 Å². The minimum atomic E-state index is -0.619. The first-order valence-corrected chi connectivity index (χ1v) is 6.56. The van der Waals surface area contributed by atoms with E-state index in [4.69, 9.17) is 34.1 Å². The van der Waals surface area contributed by atoms with Gasteiger partial charge in [0.15, 0.2) is 5.82 Å². The molecule has 0 unspecified atom stereocenters. The summed E-state index contributed by atoms with van der Waals surface area (Å²) in [5, 5.41) is 14.7. The number of anilines is 1. The Morgan fingerprint density at radius 1 is 1.42 bits per heavy atom. The molecule has 19 heavy (non-hydrogen) atoms. The zero-order chi connectivity index (χ0) is 14.0. The zero-order valence-electron chi connectivity index (χ0n) is 10.1. The third kappa shape index (κ3) is 3.42. The van der Waals surface area contributed by atoms with Gasteiger partial charge in [0.2, 0.25) is 0 Å². The molecule has 0 aromatic heterocycles. The second-order valence-electron chi connectivity index (χ2n) is 4.88. The minimum absolute atomic E-state index is 0.00362. The average molecular weight is 306 g/mol. The lowest BCUT2D eigenvalue weighted by molar-refractivity contribution is 0.315. The van der Waals surface area contributed by atoms with Crippen LogP contribution in [0.15, 0.2) is 17.3 Å². The summed E-state index contributed by atoms with van der Waals surface area (Å²) in [6.07, 6.45) is 2.52. The van der Waals surface area contributed by atoms with E-state index in [1.807, 2.05) is 0 Å². The Morgan fingerprint density at radius 3 is 2.47 bits per heavy atom. The number of nitrogens with zero attached hydrogens (tertiary/aromatic N) is 1. The van der Waals surface area contributed by atoms with Crippen molar-refractivity contribution in [3.05, 3.63) is 28.0 Å². The maximum absolute atomic E-state index is 13.3. The molecule has 0 heterocycles. The summed E-state index contributed by atoms with van der Waals surface area (Å²) in [4.78, 5) is 0. The molecule has 0 amide bonds. The van der Waals surface area contributed by atoms with Crippen LogP contribution in [0.1, 0.15) is 19.3 Å². The fourth-order valence-corrected chi connectivity index (χ4v) is 2.45. The molecule has 0 aliphatic heterocycles. The van der Waals surface area contributed by atoms with Gasteiger partial charge < -0.3 is 16.3 Å². The van der Waals surface area contributed by atoms with Crippen LogP contribution in [0.4, 0.5) is 10.1 Å². The smallest absolute Gasteiger partial charge is 0.160 e. The molecule has 0 saturated heterocycles. The van der Waals surface area contributed by atoms with Crippen LogP contribution >= 0.6 is 23.2 Å².